The highest BCUT2D eigenvalue weighted by Gasteiger charge is 2.21. The molecular weight excluding hydrogens is 212 g/mol. The second kappa shape index (κ2) is 4.78. The van der Waals surface area contributed by atoms with Crippen LogP contribution in [-0.4, -0.2) is 12.5 Å². The van der Waals surface area contributed by atoms with Crippen LogP contribution in [0.5, 0.6) is 0 Å². The number of amides is 1. The molecule has 92 valence electrons. The van der Waals surface area contributed by atoms with Gasteiger partial charge in [0.25, 0.3) is 0 Å². The summed E-state index contributed by atoms with van der Waals surface area (Å²) in [6.45, 7) is 5.07. The largest absolute Gasteiger partial charge is 0.398 e. The monoisotopic (exact) mass is 232 g/mol. The number of nitrogen functional groups attached to an aromatic ring is 1. The van der Waals surface area contributed by atoms with E-state index in [1.165, 1.54) is 11.1 Å². The van der Waals surface area contributed by atoms with Gasteiger partial charge < -0.3 is 11.1 Å². The van der Waals surface area contributed by atoms with E-state index in [4.69, 9.17) is 5.73 Å². The first-order valence-electron chi connectivity index (χ1n) is 6.24. The first kappa shape index (κ1) is 12.0. The molecule has 3 nitrogen and oxygen atoms in total. The second-order valence-electron chi connectivity index (χ2n) is 5.08. The molecule has 1 aromatic carbocycles. The van der Waals surface area contributed by atoms with Crippen molar-refractivity contribution in [1.29, 1.82) is 0 Å². The first-order chi connectivity index (χ1) is 8.08. The van der Waals surface area contributed by atoms with Crippen molar-refractivity contribution < 1.29 is 4.79 Å². The Morgan fingerprint density at radius 3 is 2.82 bits per heavy atom. The van der Waals surface area contributed by atoms with Crippen LogP contribution in [0.3, 0.4) is 0 Å². The zero-order chi connectivity index (χ0) is 12.4. The fourth-order valence-corrected chi connectivity index (χ4v) is 2.42. The quantitative estimate of drug-likeness (QED) is 0.769. The van der Waals surface area contributed by atoms with E-state index >= 15 is 0 Å². The van der Waals surface area contributed by atoms with Gasteiger partial charge in [0.2, 0.25) is 5.91 Å². The first-order valence-corrected chi connectivity index (χ1v) is 6.24. The minimum absolute atomic E-state index is 0.157. The predicted molar refractivity (Wildman–Crippen MR) is 69.9 cm³/mol. The molecule has 0 unspecified atom stereocenters. The second-order valence-corrected chi connectivity index (χ2v) is 5.08. The molecule has 0 spiro atoms. The van der Waals surface area contributed by atoms with Crippen LogP contribution < -0.4 is 11.1 Å². The Balaban J connectivity index is 2.26. The Kier molecular flexibility index (Phi) is 3.36. The van der Waals surface area contributed by atoms with E-state index in [9.17, 15) is 4.79 Å². The molecule has 1 saturated heterocycles. The number of piperidine rings is 1. The Bertz CT molecular complexity index is 426. The van der Waals surface area contributed by atoms with Crippen LogP contribution >= 0.6 is 0 Å². The van der Waals surface area contributed by atoms with Gasteiger partial charge in [-0.15, -0.1) is 0 Å². The van der Waals surface area contributed by atoms with Crippen molar-refractivity contribution in [3.63, 3.8) is 0 Å². The molecular formula is C14H20N2O. The van der Waals surface area contributed by atoms with Crippen molar-refractivity contribution in [1.82, 2.24) is 5.32 Å². The molecule has 1 aliphatic heterocycles. The molecule has 3 heteroatoms. The molecule has 0 aliphatic carbocycles. The summed E-state index contributed by atoms with van der Waals surface area (Å²) in [6, 6.07) is 6.20. The van der Waals surface area contributed by atoms with Crippen LogP contribution in [0.1, 0.15) is 49.7 Å². The van der Waals surface area contributed by atoms with Gasteiger partial charge >= 0.3 is 0 Å². The molecule has 17 heavy (non-hydrogen) atoms. The summed E-state index contributed by atoms with van der Waals surface area (Å²) < 4.78 is 0. The highest BCUT2D eigenvalue weighted by atomic mass is 16.1. The highest BCUT2D eigenvalue weighted by molar-refractivity contribution is 5.77. The van der Waals surface area contributed by atoms with Gasteiger partial charge in [-0.3, -0.25) is 4.79 Å². The summed E-state index contributed by atoms with van der Waals surface area (Å²) in [5.74, 6) is 0.929. The normalized spacial score (nSPS) is 20.4. The van der Waals surface area contributed by atoms with E-state index in [1.54, 1.807) is 0 Å². The summed E-state index contributed by atoms with van der Waals surface area (Å²) >= 11 is 0. The predicted octanol–water partition coefficient (Wildman–Crippen LogP) is 2.39. The maximum atomic E-state index is 11.4. The SMILES string of the molecule is CC(C)c1cc([C@H]2CCNC(=O)C2)ccc1N. The van der Waals surface area contributed by atoms with E-state index in [-0.39, 0.29) is 5.91 Å². The molecule has 1 amide bonds. The molecule has 1 atom stereocenters. The summed E-state index contributed by atoms with van der Waals surface area (Å²) in [6.07, 6.45) is 1.62. The zero-order valence-electron chi connectivity index (χ0n) is 10.5. The number of carbonyl (C=O) groups excluding carboxylic acids is 1. The Morgan fingerprint density at radius 2 is 2.18 bits per heavy atom. The van der Waals surface area contributed by atoms with E-state index in [2.05, 4.69) is 31.3 Å². The van der Waals surface area contributed by atoms with E-state index in [0.717, 1.165) is 18.7 Å². The number of benzene rings is 1. The summed E-state index contributed by atoms with van der Waals surface area (Å²) in [4.78, 5) is 11.4. The highest BCUT2D eigenvalue weighted by Crippen LogP contribution is 2.30. The third-order valence-electron chi connectivity index (χ3n) is 3.45. The van der Waals surface area contributed by atoms with Gasteiger partial charge in [-0.05, 0) is 35.4 Å². The minimum Gasteiger partial charge on any atom is -0.398 e. The lowest BCUT2D eigenvalue weighted by atomic mass is 9.87. The van der Waals surface area contributed by atoms with E-state index in [0.29, 0.717) is 18.3 Å². The maximum Gasteiger partial charge on any atom is 0.220 e. The Hall–Kier alpha value is -1.51. The van der Waals surface area contributed by atoms with Crippen LogP contribution in [0.15, 0.2) is 18.2 Å². The average Bonchev–Trinajstić information content (AvgIpc) is 2.29. The smallest absolute Gasteiger partial charge is 0.220 e. The molecule has 1 aliphatic rings. The Morgan fingerprint density at radius 1 is 1.41 bits per heavy atom. The number of nitrogens with two attached hydrogens (primary N) is 1. The molecule has 1 fully saturated rings. The average molecular weight is 232 g/mol. The topological polar surface area (TPSA) is 55.1 Å². The fraction of sp³-hybridized carbons (Fsp3) is 0.500. The molecule has 0 radical (unpaired) electrons. The van der Waals surface area contributed by atoms with Crippen molar-refractivity contribution >= 4 is 11.6 Å². The summed E-state index contributed by atoms with van der Waals surface area (Å²) in [5.41, 5.74) is 9.26. The molecule has 1 heterocycles. The molecule has 0 saturated carbocycles. The van der Waals surface area contributed by atoms with Crippen LogP contribution in [0.4, 0.5) is 5.69 Å². The Labute approximate surface area is 102 Å². The van der Waals surface area contributed by atoms with Gasteiger partial charge in [0.05, 0.1) is 0 Å². The van der Waals surface area contributed by atoms with Gasteiger partial charge in [0, 0.05) is 18.7 Å². The van der Waals surface area contributed by atoms with Gasteiger partial charge in [-0.2, -0.15) is 0 Å². The number of hydrogen-bond donors (Lipinski definition) is 2. The number of rotatable bonds is 2. The molecule has 3 N–H and O–H groups in total. The summed E-state index contributed by atoms with van der Waals surface area (Å²) in [5, 5.41) is 2.87. The molecule has 2 rings (SSSR count). The maximum absolute atomic E-state index is 11.4. The van der Waals surface area contributed by atoms with Crippen molar-refractivity contribution in [2.75, 3.05) is 12.3 Å². The van der Waals surface area contributed by atoms with Crippen LogP contribution in [0, 0.1) is 0 Å². The van der Waals surface area contributed by atoms with Gasteiger partial charge in [0.1, 0.15) is 0 Å². The van der Waals surface area contributed by atoms with Crippen LogP contribution in [0.25, 0.3) is 0 Å². The number of hydrogen-bond acceptors (Lipinski definition) is 2. The molecule has 1 aromatic rings. The van der Waals surface area contributed by atoms with Crippen molar-refractivity contribution in [2.24, 2.45) is 0 Å². The van der Waals surface area contributed by atoms with E-state index < -0.39 is 0 Å². The summed E-state index contributed by atoms with van der Waals surface area (Å²) in [7, 11) is 0. The lowest BCUT2D eigenvalue weighted by molar-refractivity contribution is -0.122. The van der Waals surface area contributed by atoms with Gasteiger partial charge in [-0.1, -0.05) is 26.0 Å². The van der Waals surface area contributed by atoms with Gasteiger partial charge in [-0.25, -0.2) is 0 Å². The van der Waals surface area contributed by atoms with Crippen LogP contribution in [-0.2, 0) is 4.79 Å². The lowest BCUT2D eigenvalue weighted by Crippen LogP contribution is -2.32. The fourth-order valence-electron chi connectivity index (χ4n) is 2.42. The lowest BCUT2D eigenvalue weighted by Gasteiger charge is -2.23. The van der Waals surface area contributed by atoms with Crippen molar-refractivity contribution in [3.05, 3.63) is 29.3 Å². The van der Waals surface area contributed by atoms with Crippen LogP contribution in [0.2, 0.25) is 0 Å². The van der Waals surface area contributed by atoms with E-state index in [1.807, 2.05) is 6.07 Å². The molecule has 0 aromatic heterocycles. The number of nitrogens with one attached hydrogen (secondary N) is 1. The minimum atomic E-state index is 0.157. The van der Waals surface area contributed by atoms with Crippen molar-refractivity contribution in [2.45, 2.75) is 38.5 Å². The zero-order valence-corrected chi connectivity index (χ0v) is 10.5. The molecule has 0 bridgehead atoms. The number of carbonyl (C=O) groups is 1. The third kappa shape index (κ3) is 2.60. The standard InChI is InChI=1S/C14H20N2O/c1-9(2)12-7-10(3-4-13(12)15)11-5-6-16-14(17)8-11/h3-4,7,9,11H,5-6,8,15H2,1-2H3,(H,16,17)/t11-/m0/s1. The third-order valence-corrected chi connectivity index (χ3v) is 3.45. The van der Waals surface area contributed by atoms with Gasteiger partial charge in [0.15, 0.2) is 0 Å². The van der Waals surface area contributed by atoms with Crippen molar-refractivity contribution in [3.8, 4) is 0 Å². The number of anilines is 1.